The Morgan fingerprint density at radius 3 is 2.41 bits per heavy atom. The summed E-state index contributed by atoms with van der Waals surface area (Å²) < 4.78 is 39.3. The molecule has 232 valence electrons. The number of imidazole rings is 1. The summed E-state index contributed by atoms with van der Waals surface area (Å²) in [5, 5.41) is 0. The number of aryl methyl sites for hydroxylation is 1. The second-order valence-electron chi connectivity index (χ2n) is 10.6. The Kier molecular flexibility index (Phi) is 12.9. The number of carbonyl (C=O) groups excluding carboxylic acids is 1. The van der Waals surface area contributed by atoms with Crippen LogP contribution in [0.1, 0.15) is 56.4 Å². The summed E-state index contributed by atoms with van der Waals surface area (Å²) >= 11 is 0. The van der Waals surface area contributed by atoms with E-state index in [1.807, 2.05) is 71.3 Å². The first kappa shape index (κ1) is 32.9. The number of unbranched alkanes of at least 4 members (excludes halogenated alkanes) is 1. The lowest BCUT2D eigenvalue weighted by molar-refractivity contribution is -0.113. The first-order valence-corrected chi connectivity index (χ1v) is 16.6. The van der Waals surface area contributed by atoms with Crippen molar-refractivity contribution in [3.63, 3.8) is 0 Å². The Balaban J connectivity index is 1.42. The number of aromatic nitrogens is 2. The molecule has 0 spiro atoms. The third kappa shape index (κ3) is 9.74. The highest BCUT2D eigenvalue weighted by Gasteiger charge is 2.11. The summed E-state index contributed by atoms with van der Waals surface area (Å²) in [6, 6.07) is 21.1. The first-order valence-electron chi connectivity index (χ1n) is 15.2. The summed E-state index contributed by atoms with van der Waals surface area (Å²) in [6.07, 6.45) is 10.4. The van der Waals surface area contributed by atoms with E-state index in [0.717, 1.165) is 59.5 Å². The number of nitrogens with zero attached hydrogens (tertiary/aromatic N) is 2. The zero-order chi connectivity index (χ0) is 31.1. The molecule has 0 radical (unpaired) electrons. The number of ether oxygens (including phenoxy) is 2. The van der Waals surface area contributed by atoms with E-state index >= 15 is 0 Å². The van der Waals surface area contributed by atoms with E-state index in [2.05, 4.69) is 18.8 Å². The van der Waals surface area contributed by atoms with Gasteiger partial charge in [-0.15, -0.1) is 0 Å². The second kappa shape index (κ2) is 17.3. The van der Waals surface area contributed by atoms with Crippen LogP contribution in [-0.4, -0.2) is 39.4 Å². The van der Waals surface area contributed by atoms with Crippen molar-refractivity contribution < 1.29 is 22.9 Å². The number of allylic oxidation sites excluding steroid dienone is 1. The lowest BCUT2D eigenvalue weighted by Crippen LogP contribution is -2.05. The maximum atomic E-state index is 12.9. The Hall–Kier alpha value is -4.04. The zero-order valence-electron chi connectivity index (χ0n) is 25.5. The van der Waals surface area contributed by atoms with Gasteiger partial charge in [0.1, 0.15) is 11.5 Å². The normalized spacial score (nSPS) is 12.0. The molecule has 6 nitrogen and oxygen atoms in total. The monoisotopic (exact) mass is 616 g/mol. The highest BCUT2D eigenvalue weighted by atomic mass is 32.2. The van der Waals surface area contributed by atoms with Crippen molar-refractivity contribution in [1.29, 1.82) is 0 Å². The summed E-state index contributed by atoms with van der Waals surface area (Å²) in [4.78, 5) is 17.8. The number of benzene rings is 3. The molecule has 0 fully saturated rings. The fourth-order valence-corrected chi connectivity index (χ4v) is 5.75. The molecule has 4 aromatic rings. The van der Waals surface area contributed by atoms with Gasteiger partial charge in [-0.05, 0) is 78.1 Å². The maximum Gasteiger partial charge on any atom is 0.160 e. The van der Waals surface area contributed by atoms with Gasteiger partial charge in [0, 0.05) is 36.0 Å². The van der Waals surface area contributed by atoms with Crippen molar-refractivity contribution in [3.8, 4) is 22.6 Å². The second-order valence-corrected chi connectivity index (χ2v) is 12.0. The number of carbonyl (C=O) groups is 1. The largest absolute Gasteiger partial charge is 0.494 e. The van der Waals surface area contributed by atoms with Gasteiger partial charge in [0.05, 0.1) is 48.5 Å². The third-order valence-electron chi connectivity index (χ3n) is 7.05. The van der Waals surface area contributed by atoms with Crippen LogP contribution in [-0.2, 0) is 34.3 Å². The highest BCUT2D eigenvalue weighted by Crippen LogP contribution is 2.29. The van der Waals surface area contributed by atoms with Crippen LogP contribution in [0, 0.1) is 0 Å². The lowest BCUT2D eigenvalue weighted by Gasteiger charge is -2.12. The van der Waals surface area contributed by atoms with Crippen molar-refractivity contribution in [1.82, 2.24) is 9.55 Å². The SMILES string of the molecule is CCCCOc1ccc(-c2ccc(OCCCF)c(/C=C/C(=O)Cc3ccc([S@@](=O)Cc4cncn4CCC)cc3)c2)cc1. The number of halogens is 1. The van der Waals surface area contributed by atoms with Crippen LogP contribution in [0.2, 0.25) is 0 Å². The highest BCUT2D eigenvalue weighted by molar-refractivity contribution is 7.84. The average Bonchev–Trinajstić information content (AvgIpc) is 3.47. The molecule has 1 heterocycles. The van der Waals surface area contributed by atoms with E-state index in [4.69, 9.17) is 9.47 Å². The van der Waals surface area contributed by atoms with Crippen LogP contribution in [0.25, 0.3) is 17.2 Å². The molecule has 0 unspecified atom stereocenters. The number of rotatable bonds is 18. The van der Waals surface area contributed by atoms with Gasteiger partial charge in [-0.2, -0.15) is 0 Å². The van der Waals surface area contributed by atoms with E-state index in [9.17, 15) is 13.4 Å². The molecule has 0 aliphatic heterocycles. The fourth-order valence-electron chi connectivity index (χ4n) is 4.63. The van der Waals surface area contributed by atoms with Crippen LogP contribution >= 0.6 is 0 Å². The van der Waals surface area contributed by atoms with Crippen LogP contribution in [0.4, 0.5) is 4.39 Å². The summed E-state index contributed by atoms with van der Waals surface area (Å²) in [6.45, 7) is 5.57. The smallest absolute Gasteiger partial charge is 0.160 e. The molecule has 0 bridgehead atoms. The standard InChI is InChI=1S/C36H41FN2O4S/c1-3-5-21-42-34-14-10-29(11-15-34)30-12-18-36(43-22-6-19-37)31(24-30)9-13-33(40)23-28-7-16-35(17-8-28)44(41)26-32-25-38-27-39(32)20-4-2/h7-18,24-25,27H,3-6,19-23,26H2,1-2H3/b13-9+/t44-/m0/s1. The minimum Gasteiger partial charge on any atom is -0.494 e. The van der Waals surface area contributed by atoms with Crippen LogP contribution in [0.15, 0.2) is 90.2 Å². The molecule has 0 amide bonds. The quantitative estimate of drug-likeness (QED) is 0.0837. The van der Waals surface area contributed by atoms with Gasteiger partial charge in [-0.3, -0.25) is 13.4 Å². The molecule has 3 aromatic carbocycles. The predicted octanol–water partition coefficient (Wildman–Crippen LogP) is 8.01. The Bertz CT molecular complexity index is 1530. The van der Waals surface area contributed by atoms with Crippen molar-refractivity contribution >= 4 is 22.7 Å². The zero-order valence-corrected chi connectivity index (χ0v) is 26.4. The number of hydrogen-bond acceptors (Lipinski definition) is 5. The molecule has 0 saturated carbocycles. The molecule has 0 N–H and O–H groups in total. The predicted molar refractivity (Wildman–Crippen MR) is 175 cm³/mol. The van der Waals surface area contributed by atoms with Gasteiger partial charge in [-0.25, -0.2) is 4.98 Å². The van der Waals surface area contributed by atoms with E-state index in [0.29, 0.717) is 29.4 Å². The van der Waals surface area contributed by atoms with Gasteiger partial charge in [0.25, 0.3) is 0 Å². The minimum atomic E-state index is -1.21. The van der Waals surface area contributed by atoms with Crippen LogP contribution in [0.5, 0.6) is 11.5 Å². The van der Waals surface area contributed by atoms with E-state index in [1.165, 1.54) is 0 Å². The number of ketones is 1. The van der Waals surface area contributed by atoms with E-state index in [1.54, 1.807) is 24.7 Å². The molecule has 0 saturated heterocycles. The van der Waals surface area contributed by atoms with Crippen molar-refractivity contribution in [2.24, 2.45) is 0 Å². The Labute approximate surface area is 262 Å². The molecular weight excluding hydrogens is 575 g/mol. The summed E-state index contributed by atoms with van der Waals surface area (Å²) in [5.74, 6) is 1.75. The first-order chi connectivity index (χ1) is 21.5. The molecule has 1 atom stereocenters. The van der Waals surface area contributed by atoms with Gasteiger partial charge in [0.2, 0.25) is 0 Å². The van der Waals surface area contributed by atoms with Gasteiger partial charge < -0.3 is 14.0 Å². The number of hydrogen-bond donors (Lipinski definition) is 0. The van der Waals surface area contributed by atoms with Gasteiger partial charge in [0.15, 0.2) is 5.78 Å². The van der Waals surface area contributed by atoms with Gasteiger partial charge >= 0.3 is 0 Å². The molecular formula is C36H41FN2O4S. The molecule has 0 aliphatic carbocycles. The summed E-state index contributed by atoms with van der Waals surface area (Å²) in [5.41, 5.74) is 4.50. The van der Waals surface area contributed by atoms with Crippen molar-refractivity contribution in [3.05, 3.63) is 102 Å². The topological polar surface area (TPSA) is 70.4 Å². The lowest BCUT2D eigenvalue weighted by atomic mass is 10.0. The van der Waals surface area contributed by atoms with E-state index in [-0.39, 0.29) is 18.8 Å². The van der Waals surface area contributed by atoms with Crippen LogP contribution < -0.4 is 9.47 Å². The summed E-state index contributed by atoms with van der Waals surface area (Å²) in [7, 11) is -1.21. The molecule has 0 aliphatic rings. The maximum absolute atomic E-state index is 12.9. The molecule has 1 aromatic heterocycles. The molecule has 8 heteroatoms. The van der Waals surface area contributed by atoms with E-state index < -0.39 is 17.5 Å². The minimum absolute atomic E-state index is 0.0731. The Morgan fingerprint density at radius 2 is 1.68 bits per heavy atom. The third-order valence-corrected chi connectivity index (χ3v) is 8.41. The van der Waals surface area contributed by atoms with Crippen molar-refractivity contribution in [2.45, 2.75) is 63.1 Å². The molecule has 4 rings (SSSR count). The molecule has 44 heavy (non-hydrogen) atoms. The number of alkyl halides is 1. The fraction of sp³-hybridized carbons (Fsp3) is 0.333. The van der Waals surface area contributed by atoms with Gasteiger partial charge in [-0.1, -0.05) is 50.6 Å². The average molecular weight is 617 g/mol. The van der Waals surface area contributed by atoms with Crippen LogP contribution in [0.3, 0.4) is 0 Å². The van der Waals surface area contributed by atoms with Crippen molar-refractivity contribution in [2.75, 3.05) is 19.9 Å². The Morgan fingerprint density at radius 1 is 0.932 bits per heavy atom.